The molecule has 2 aromatic rings. The second-order valence-corrected chi connectivity index (χ2v) is 5.16. The number of phenolic OH excluding ortho intramolecular Hbond substituents is 1. The van der Waals surface area contributed by atoms with Crippen molar-refractivity contribution in [3.8, 4) is 11.5 Å². The maximum absolute atomic E-state index is 12.1. The molecule has 1 amide bonds. The van der Waals surface area contributed by atoms with E-state index in [1.807, 2.05) is 6.92 Å². The van der Waals surface area contributed by atoms with Crippen LogP contribution in [0.3, 0.4) is 0 Å². The number of phenols is 1. The van der Waals surface area contributed by atoms with Gasteiger partial charge in [0.1, 0.15) is 11.5 Å². The van der Waals surface area contributed by atoms with Crippen molar-refractivity contribution in [2.24, 2.45) is 0 Å². The Morgan fingerprint density at radius 3 is 2.76 bits per heavy atom. The van der Waals surface area contributed by atoms with Crippen molar-refractivity contribution >= 4 is 23.2 Å². The summed E-state index contributed by atoms with van der Waals surface area (Å²) in [4.78, 5) is 12.1. The quantitative estimate of drug-likeness (QED) is 0.846. The molecule has 0 unspecified atom stereocenters. The summed E-state index contributed by atoms with van der Waals surface area (Å²) in [5.74, 6) is 0.179. The first-order chi connectivity index (χ1) is 9.95. The van der Waals surface area contributed by atoms with Crippen LogP contribution in [0.5, 0.6) is 11.5 Å². The van der Waals surface area contributed by atoms with Gasteiger partial charge in [-0.1, -0.05) is 23.7 Å². The van der Waals surface area contributed by atoms with Crippen LogP contribution >= 0.6 is 11.6 Å². The maximum atomic E-state index is 12.1. The minimum absolute atomic E-state index is 0.0175. The van der Waals surface area contributed by atoms with Gasteiger partial charge in [0.05, 0.1) is 5.69 Å². The van der Waals surface area contributed by atoms with Crippen molar-refractivity contribution < 1.29 is 14.6 Å². The zero-order valence-corrected chi connectivity index (χ0v) is 12.5. The molecule has 0 aliphatic rings. The third-order valence-corrected chi connectivity index (χ3v) is 3.12. The van der Waals surface area contributed by atoms with E-state index in [9.17, 15) is 9.90 Å². The summed E-state index contributed by atoms with van der Waals surface area (Å²) in [7, 11) is 0. The standard InChI is InChI=1S/C16H16ClNO3/c1-10-6-7-15(19)14(8-10)18-16(20)11(2)21-13-5-3-4-12(17)9-13/h3-9,11,19H,1-2H3,(H,18,20)/t11-/m0/s1. The highest BCUT2D eigenvalue weighted by Crippen LogP contribution is 2.24. The van der Waals surface area contributed by atoms with Gasteiger partial charge in [0.15, 0.2) is 6.10 Å². The topological polar surface area (TPSA) is 58.6 Å². The molecule has 2 rings (SSSR count). The van der Waals surface area contributed by atoms with Gasteiger partial charge in [-0.3, -0.25) is 4.79 Å². The normalized spacial score (nSPS) is 11.8. The average Bonchev–Trinajstić information content (AvgIpc) is 2.43. The monoisotopic (exact) mass is 305 g/mol. The molecule has 2 N–H and O–H groups in total. The Hall–Kier alpha value is -2.20. The van der Waals surface area contributed by atoms with E-state index in [0.29, 0.717) is 16.5 Å². The van der Waals surface area contributed by atoms with Gasteiger partial charge in [0.25, 0.3) is 5.91 Å². The summed E-state index contributed by atoms with van der Waals surface area (Å²) in [6, 6.07) is 11.8. The van der Waals surface area contributed by atoms with Crippen LogP contribution in [0.25, 0.3) is 0 Å². The zero-order valence-electron chi connectivity index (χ0n) is 11.8. The summed E-state index contributed by atoms with van der Waals surface area (Å²) in [6.45, 7) is 3.50. The first-order valence-electron chi connectivity index (χ1n) is 6.48. The zero-order chi connectivity index (χ0) is 15.4. The van der Waals surface area contributed by atoms with Crippen LogP contribution in [0.4, 0.5) is 5.69 Å². The molecule has 5 heteroatoms. The summed E-state index contributed by atoms with van der Waals surface area (Å²) >= 11 is 5.86. The van der Waals surface area contributed by atoms with Gasteiger partial charge >= 0.3 is 0 Å². The van der Waals surface area contributed by atoms with E-state index in [1.165, 1.54) is 6.07 Å². The molecule has 0 saturated carbocycles. The first kappa shape index (κ1) is 15.2. The van der Waals surface area contributed by atoms with E-state index >= 15 is 0 Å². The van der Waals surface area contributed by atoms with Crippen LogP contribution in [0.1, 0.15) is 12.5 Å². The van der Waals surface area contributed by atoms with E-state index in [4.69, 9.17) is 16.3 Å². The molecule has 2 aromatic carbocycles. The van der Waals surface area contributed by atoms with E-state index < -0.39 is 6.10 Å². The lowest BCUT2D eigenvalue weighted by Gasteiger charge is -2.15. The number of aromatic hydroxyl groups is 1. The summed E-state index contributed by atoms with van der Waals surface area (Å²) in [5.41, 5.74) is 1.30. The third-order valence-electron chi connectivity index (χ3n) is 2.89. The fourth-order valence-electron chi connectivity index (χ4n) is 1.78. The van der Waals surface area contributed by atoms with Crippen molar-refractivity contribution in [3.63, 3.8) is 0 Å². The lowest BCUT2D eigenvalue weighted by atomic mass is 10.2. The van der Waals surface area contributed by atoms with E-state index in [-0.39, 0.29) is 11.7 Å². The minimum Gasteiger partial charge on any atom is -0.506 e. The van der Waals surface area contributed by atoms with Gasteiger partial charge in [-0.05, 0) is 49.7 Å². The van der Waals surface area contributed by atoms with E-state index in [2.05, 4.69) is 5.32 Å². The van der Waals surface area contributed by atoms with Crippen molar-refractivity contribution in [2.75, 3.05) is 5.32 Å². The number of aryl methyl sites for hydroxylation is 1. The predicted molar refractivity (Wildman–Crippen MR) is 83.0 cm³/mol. The van der Waals surface area contributed by atoms with Gasteiger partial charge in [0, 0.05) is 5.02 Å². The SMILES string of the molecule is Cc1ccc(O)c(NC(=O)[C@H](C)Oc2cccc(Cl)c2)c1. The Morgan fingerprint density at radius 2 is 2.05 bits per heavy atom. The maximum Gasteiger partial charge on any atom is 0.265 e. The van der Waals surface area contributed by atoms with Crippen LogP contribution in [0.15, 0.2) is 42.5 Å². The molecule has 0 aromatic heterocycles. The van der Waals surface area contributed by atoms with Crippen LogP contribution in [-0.4, -0.2) is 17.1 Å². The Labute approximate surface area is 128 Å². The number of anilines is 1. The van der Waals surface area contributed by atoms with Crippen LogP contribution in [0.2, 0.25) is 5.02 Å². The summed E-state index contributed by atoms with van der Waals surface area (Å²) < 4.78 is 5.52. The van der Waals surface area contributed by atoms with Crippen LogP contribution in [0, 0.1) is 6.92 Å². The molecule has 0 aliphatic heterocycles. The number of nitrogens with one attached hydrogen (secondary N) is 1. The van der Waals surface area contributed by atoms with Gasteiger partial charge < -0.3 is 15.2 Å². The lowest BCUT2D eigenvalue weighted by Crippen LogP contribution is -2.30. The van der Waals surface area contributed by atoms with Crippen LogP contribution < -0.4 is 10.1 Å². The fourth-order valence-corrected chi connectivity index (χ4v) is 1.96. The number of hydrogen-bond donors (Lipinski definition) is 2. The molecule has 0 spiro atoms. The number of benzene rings is 2. The Balaban J connectivity index is 2.04. The molecule has 0 aliphatic carbocycles. The number of halogens is 1. The second-order valence-electron chi connectivity index (χ2n) is 4.73. The second kappa shape index (κ2) is 6.50. The van der Waals surface area contributed by atoms with Gasteiger partial charge in [-0.15, -0.1) is 0 Å². The molecular formula is C16H16ClNO3. The number of hydrogen-bond acceptors (Lipinski definition) is 3. The highest BCUT2D eigenvalue weighted by atomic mass is 35.5. The molecule has 21 heavy (non-hydrogen) atoms. The lowest BCUT2D eigenvalue weighted by molar-refractivity contribution is -0.122. The largest absolute Gasteiger partial charge is 0.506 e. The Kier molecular flexibility index (Phi) is 4.70. The summed E-state index contributed by atoms with van der Waals surface area (Å²) in [5, 5.41) is 12.9. The van der Waals surface area contributed by atoms with Gasteiger partial charge in [-0.25, -0.2) is 0 Å². The van der Waals surface area contributed by atoms with Crippen molar-refractivity contribution in [3.05, 3.63) is 53.1 Å². The van der Waals surface area contributed by atoms with Crippen molar-refractivity contribution in [1.29, 1.82) is 0 Å². The Bertz CT molecular complexity index is 658. The van der Waals surface area contributed by atoms with E-state index in [1.54, 1.807) is 43.3 Å². The molecule has 0 saturated heterocycles. The van der Waals surface area contributed by atoms with Crippen molar-refractivity contribution in [1.82, 2.24) is 0 Å². The molecule has 0 bridgehead atoms. The molecule has 1 atom stereocenters. The average molecular weight is 306 g/mol. The molecule has 110 valence electrons. The van der Waals surface area contributed by atoms with E-state index in [0.717, 1.165) is 5.56 Å². The molecule has 0 fully saturated rings. The predicted octanol–water partition coefficient (Wildman–Crippen LogP) is 3.76. The molecule has 0 radical (unpaired) electrons. The highest BCUT2D eigenvalue weighted by molar-refractivity contribution is 6.30. The number of rotatable bonds is 4. The summed E-state index contributed by atoms with van der Waals surface area (Å²) in [6.07, 6.45) is -0.719. The third kappa shape index (κ3) is 4.13. The van der Waals surface area contributed by atoms with Gasteiger partial charge in [0.2, 0.25) is 0 Å². The molecular weight excluding hydrogens is 290 g/mol. The number of ether oxygens (including phenoxy) is 1. The first-order valence-corrected chi connectivity index (χ1v) is 6.86. The van der Waals surface area contributed by atoms with Crippen LogP contribution in [-0.2, 0) is 4.79 Å². The minimum atomic E-state index is -0.719. The number of carbonyl (C=O) groups excluding carboxylic acids is 1. The number of carbonyl (C=O) groups is 1. The fraction of sp³-hybridized carbons (Fsp3) is 0.188. The highest BCUT2D eigenvalue weighted by Gasteiger charge is 2.16. The van der Waals surface area contributed by atoms with Gasteiger partial charge in [-0.2, -0.15) is 0 Å². The molecule has 4 nitrogen and oxygen atoms in total. The van der Waals surface area contributed by atoms with Crippen molar-refractivity contribution in [2.45, 2.75) is 20.0 Å². The smallest absolute Gasteiger partial charge is 0.265 e. The molecule has 0 heterocycles. The Morgan fingerprint density at radius 1 is 1.29 bits per heavy atom. The number of amides is 1.